The van der Waals surface area contributed by atoms with Crippen molar-refractivity contribution in [3.63, 3.8) is 0 Å². The third kappa shape index (κ3) is 11.6. The molecule has 0 heterocycles. The monoisotopic (exact) mass is 355 g/mol. The van der Waals surface area contributed by atoms with Gasteiger partial charge >= 0.3 is 10.4 Å². The molecular formula is C12H21NO7S2. The van der Waals surface area contributed by atoms with Crippen LogP contribution in [0.15, 0.2) is 29.2 Å². The Hall–Kier alpha value is -1.04. The molecule has 0 aliphatic rings. The molecule has 0 bridgehead atoms. The van der Waals surface area contributed by atoms with Gasteiger partial charge in [-0.05, 0) is 19.1 Å². The lowest BCUT2D eigenvalue weighted by Crippen LogP contribution is -2.37. The fourth-order valence-electron chi connectivity index (χ4n) is 1.12. The van der Waals surface area contributed by atoms with Crippen LogP contribution in [0.25, 0.3) is 0 Å². The Balaban J connectivity index is 0.000000401. The normalized spacial score (nSPS) is 12.5. The largest absolute Gasteiger partial charge is 0.744 e. The van der Waals surface area contributed by atoms with Gasteiger partial charge in [-0.1, -0.05) is 17.7 Å². The SMILES string of the molecule is C[N+](C)(C)CCOS(=O)(=O)O.Cc1ccc(S(=O)(=O)[O-])cc1. The molecule has 0 radical (unpaired) electrons. The van der Waals surface area contributed by atoms with Gasteiger partial charge in [0.15, 0.2) is 0 Å². The van der Waals surface area contributed by atoms with Crippen molar-refractivity contribution >= 4 is 20.5 Å². The molecule has 0 aliphatic carbocycles. The lowest BCUT2D eigenvalue weighted by molar-refractivity contribution is -0.870. The average molecular weight is 355 g/mol. The second-order valence-corrected chi connectivity index (χ2v) is 8.00. The molecule has 0 fully saturated rings. The van der Waals surface area contributed by atoms with E-state index in [1.807, 2.05) is 28.1 Å². The Morgan fingerprint density at radius 2 is 1.55 bits per heavy atom. The molecule has 128 valence electrons. The summed E-state index contributed by atoms with van der Waals surface area (Å²) in [6.07, 6.45) is 0. The Morgan fingerprint density at radius 3 is 1.86 bits per heavy atom. The van der Waals surface area contributed by atoms with Crippen LogP contribution in [0.5, 0.6) is 0 Å². The topological polar surface area (TPSA) is 121 Å². The molecule has 1 aromatic carbocycles. The van der Waals surface area contributed by atoms with Crippen molar-refractivity contribution in [3.05, 3.63) is 29.8 Å². The first-order chi connectivity index (χ1) is 9.71. The van der Waals surface area contributed by atoms with Crippen molar-refractivity contribution < 1.29 is 34.6 Å². The summed E-state index contributed by atoms with van der Waals surface area (Å²) in [7, 11) is -2.84. The van der Waals surface area contributed by atoms with Gasteiger partial charge in [-0.2, -0.15) is 8.42 Å². The minimum absolute atomic E-state index is 0.00231. The lowest BCUT2D eigenvalue weighted by atomic mass is 10.2. The number of benzene rings is 1. The molecule has 0 saturated carbocycles. The fraction of sp³-hybridized carbons (Fsp3) is 0.500. The molecular weight excluding hydrogens is 334 g/mol. The van der Waals surface area contributed by atoms with E-state index in [2.05, 4.69) is 4.18 Å². The molecule has 1 rings (SSSR count). The van der Waals surface area contributed by atoms with Crippen LogP contribution in [0.1, 0.15) is 5.56 Å². The first-order valence-corrected chi connectivity index (χ1v) is 8.93. The van der Waals surface area contributed by atoms with Gasteiger partial charge in [0.1, 0.15) is 23.3 Å². The molecule has 1 aromatic rings. The lowest BCUT2D eigenvalue weighted by Gasteiger charge is -2.22. The van der Waals surface area contributed by atoms with Gasteiger partial charge in [0.05, 0.1) is 26.0 Å². The molecule has 0 unspecified atom stereocenters. The zero-order valence-electron chi connectivity index (χ0n) is 12.9. The third-order valence-corrected chi connectivity index (χ3v) is 3.62. The summed E-state index contributed by atoms with van der Waals surface area (Å²) in [6, 6.07) is 5.78. The van der Waals surface area contributed by atoms with Gasteiger partial charge in [0.25, 0.3) is 0 Å². The highest BCUT2D eigenvalue weighted by Gasteiger charge is 2.10. The first kappa shape index (κ1) is 21.0. The summed E-state index contributed by atoms with van der Waals surface area (Å²) in [5.74, 6) is 0. The van der Waals surface area contributed by atoms with E-state index in [1.54, 1.807) is 12.1 Å². The van der Waals surface area contributed by atoms with Crippen LogP contribution in [0, 0.1) is 6.92 Å². The summed E-state index contributed by atoms with van der Waals surface area (Å²) in [4.78, 5) is -0.178. The highest BCUT2D eigenvalue weighted by Crippen LogP contribution is 2.08. The third-order valence-electron chi connectivity index (χ3n) is 2.30. The summed E-state index contributed by atoms with van der Waals surface area (Å²) >= 11 is 0. The van der Waals surface area contributed by atoms with Crippen LogP contribution in [0.4, 0.5) is 0 Å². The smallest absolute Gasteiger partial charge is 0.397 e. The van der Waals surface area contributed by atoms with Gasteiger partial charge < -0.3 is 9.04 Å². The molecule has 0 amide bonds. The molecule has 22 heavy (non-hydrogen) atoms. The summed E-state index contributed by atoms with van der Waals surface area (Å²) in [5, 5.41) is 0. The van der Waals surface area contributed by atoms with Gasteiger partial charge in [-0.25, -0.2) is 12.6 Å². The number of quaternary nitrogens is 1. The molecule has 0 aliphatic heterocycles. The zero-order valence-corrected chi connectivity index (χ0v) is 14.5. The zero-order chi connectivity index (χ0) is 17.6. The van der Waals surface area contributed by atoms with Crippen LogP contribution in [-0.2, 0) is 24.7 Å². The number of hydrogen-bond acceptors (Lipinski definition) is 6. The van der Waals surface area contributed by atoms with E-state index in [9.17, 15) is 21.4 Å². The molecule has 0 spiro atoms. The number of rotatable bonds is 5. The van der Waals surface area contributed by atoms with Gasteiger partial charge in [0, 0.05) is 0 Å². The van der Waals surface area contributed by atoms with E-state index >= 15 is 0 Å². The highest BCUT2D eigenvalue weighted by atomic mass is 32.3. The summed E-state index contributed by atoms with van der Waals surface area (Å²) in [6.45, 7) is 2.35. The van der Waals surface area contributed by atoms with E-state index < -0.39 is 20.5 Å². The van der Waals surface area contributed by atoms with Gasteiger partial charge in [-0.3, -0.25) is 4.55 Å². The molecule has 8 nitrogen and oxygen atoms in total. The van der Waals surface area contributed by atoms with Crippen LogP contribution in [0.2, 0.25) is 0 Å². The van der Waals surface area contributed by atoms with Crippen molar-refractivity contribution in [2.75, 3.05) is 34.3 Å². The fourth-order valence-corrected chi connectivity index (χ4v) is 1.88. The van der Waals surface area contributed by atoms with Gasteiger partial charge in [0.2, 0.25) is 0 Å². The first-order valence-electron chi connectivity index (χ1n) is 6.15. The predicted octanol–water partition coefficient (Wildman–Crippen LogP) is 0.411. The maximum Gasteiger partial charge on any atom is 0.397 e. The van der Waals surface area contributed by atoms with Crippen molar-refractivity contribution in [3.8, 4) is 0 Å². The number of aryl methyl sites for hydroxylation is 1. The van der Waals surface area contributed by atoms with E-state index in [-0.39, 0.29) is 11.5 Å². The summed E-state index contributed by atoms with van der Waals surface area (Å²) in [5.41, 5.74) is 0.928. The second kappa shape index (κ2) is 7.99. The van der Waals surface area contributed by atoms with Crippen molar-refractivity contribution in [1.82, 2.24) is 0 Å². The number of hydrogen-bond donors (Lipinski definition) is 1. The minimum Gasteiger partial charge on any atom is -0.744 e. The Morgan fingerprint density at radius 1 is 1.09 bits per heavy atom. The van der Waals surface area contributed by atoms with Gasteiger partial charge in [-0.15, -0.1) is 0 Å². The maximum atomic E-state index is 10.4. The standard InChI is InChI=1S/C7H8O3S.C5H13NO4S/c1-6-2-4-7(5-3-6)11(8,9)10;1-6(2,3)4-5-10-11(7,8)9/h2-5H,1H3,(H,8,9,10);4-5H2,1-3H3. The molecule has 0 saturated heterocycles. The quantitative estimate of drug-likeness (QED) is 0.600. The Kier molecular flexibility index (Phi) is 7.62. The second-order valence-electron chi connectivity index (χ2n) is 5.53. The van der Waals surface area contributed by atoms with Crippen LogP contribution in [0.3, 0.4) is 0 Å². The molecule has 0 aromatic heterocycles. The van der Waals surface area contributed by atoms with E-state index in [0.29, 0.717) is 11.0 Å². The van der Waals surface area contributed by atoms with Crippen LogP contribution < -0.4 is 0 Å². The number of likely N-dealkylation sites (N-methyl/N-ethyl adjacent to an activating group) is 1. The highest BCUT2D eigenvalue weighted by molar-refractivity contribution is 7.85. The maximum absolute atomic E-state index is 10.4. The predicted molar refractivity (Wildman–Crippen MR) is 79.5 cm³/mol. The molecule has 0 atom stereocenters. The van der Waals surface area contributed by atoms with Crippen LogP contribution in [-0.4, -0.2) is 64.7 Å². The molecule has 1 N–H and O–H groups in total. The summed E-state index contributed by atoms with van der Waals surface area (Å²) < 4.78 is 64.1. The minimum atomic E-state index is -4.27. The molecule has 10 heteroatoms. The van der Waals surface area contributed by atoms with Crippen LogP contribution >= 0.6 is 0 Å². The van der Waals surface area contributed by atoms with Crippen molar-refractivity contribution in [2.24, 2.45) is 0 Å². The van der Waals surface area contributed by atoms with E-state index in [4.69, 9.17) is 4.55 Å². The van der Waals surface area contributed by atoms with E-state index in [0.717, 1.165) is 5.56 Å². The van der Waals surface area contributed by atoms with Crippen molar-refractivity contribution in [2.45, 2.75) is 11.8 Å². The van der Waals surface area contributed by atoms with E-state index in [1.165, 1.54) is 12.1 Å². The van der Waals surface area contributed by atoms with Crippen molar-refractivity contribution in [1.29, 1.82) is 0 Å². The number of nitrogens with zero attached hydrogens (tertiary/aromatic N) is 1. The Bertz CT molecular complexity index is 658. The Labute approximate surface area is 131 Å². The average Bonchev–Trinajstić information content (AvgIpc) is 2.25.